The number of imide groups is 1. The Morgan fingerprint density at radius 2 is 2.00 bits per heavy atom. The number of anilines is 1. The van der Waals surface area contributed by atoms with E-state index in [4.69, 9.17) is 10.3 Å². The zero-order valence-corrected chi connectivity index (χ0v) is 16.4. The van der Waals surface area contributed by atoms with Gasteiger partial charge in [0.05, 0.1) is 22.9 Å². The molecule has 0 spiro atoms. The SMILES string of the molecule is CC12CCC(CCO)(O1)[C@]1(N=N)C(=O)N(c3ccc(C#N)c4ccccc34)C(=O)C21. The number of ether oxygens (including phenoxy) is 1. The average Bonchev–Trinajstić information content (AvgIpc) is 3.29. The number of hydrogen-bond acceptors (Lipinski definition) is 7. The van der Waals surface area contributed by atoms with Crippen molar-refractivity contribution >= 4 is 28.3 Å². The van der Waals surface area contributed by atoms with Crippen molar-refractivity contribution < 1.29 is 19.4 Å². The number of aliphatic hydroxyl groups excluding tert-OH is 1. The Bertz CT molecular complexity index is 1170. The molecular formula is C22H20N4O4. The Morgan fingerprint density at radius 1 is 1.27 bits per heavy atom. The van der Waals surface area contributed by atoms with Crippen LogP contribution >= 0.6 is 0 Å². The maximum Gasteiger partial charge on any atom is 0.267 e. The molecule has 30 heavy (non-hydrogen) atoms. The van der Waals surface area contributed by atoms with Gasteiger partial charge in [0.25, 0.3) is 5.91 Å². The monoisotopic (exact) mass is 404 g/mol. The number of carbonyl (C=O) groups excluding carboxylic acids is 2. The van der Waals surface area contributed by atoms with Gasteiger partial charge in [-0.3, -0.25) is 9.59 Å². The molecule has 8 nitrogen and oxygen atoms in total. The van der Waals surface area contributed by atoms with Gasteiger partial charge in [0.1, 0.15) is 11.5 Å². The number of rotatable bonds is 4. The Kier molecular flexibility index (Phi) is 3.73. The topological polar surface area (TPSA) is 127 Å². The van der Waals surface area contributed by atoms with E-state index in [-0.39, 0.29) is 13.0 Å². The lowest BCUT2D eigenvalue weighted by molar-refractivity contribution is -0.132. The van der Waals surface area contributed by atoms with Crippen LogP contribution in [-0.4, -0.2) is 40.3 Å². The molecule has 2 amide bonds. The summed E-state index contributed by atoms with van der Waals surface area (Å²) in [6.07, 6.45) is 1.13. The second-order valence-electron chi connectivity index (χ2n) is 8.46. The molecule has 3 fully saturated rings. The molecule has 3 saturated heterocycles. The van der Waals surface area contributed by atoms with Crippen LogP contribution in [0.2, 0.25) is 0 Å². The van der Waals surface area contributed by atoms with Crippen molar-refractivity contribution in [1.29, 1.82) is 10.8 Å². The van der Waals surface area contributed by atoms with E-state index in [0.717, 1.165) is 4.90 Å². The van der Waals surface area contributed by atoms with Gasteiger partial charge in [0.15, 0.2) is 0 Å². The Morgan fingerprint density at radius 3 is 2.67 bits per heavy atom. The van der Waals surface area contributed by atoms with Crippen LogP contribution in [0.4, 0.5) is 5.69 Å². The number of amides is 2. The first-order valence-corrected chi connectivity index (χ1v) is 9.89. The molecular weight excluding hydrogens is 384 g/mol. The molecule has 2 aromatic rings. The van der Waals surface area contributed by atoms with Crippen LogP contribution in [0.3, 0.4) is 0 Å². The molecule has 0 radical (unpaired) electrons. The van der Waals surface area contributed by atoms with Gasteiger partial charge >= 0.3 is 0 Å². The van der Waals surface area contributed by atoms with Gasteiger partial charge in [0, 0.05) is 23.8 Å². The molecule has 0 aromatic heterocycles. The fourth-order valence-electron chi connectivity index (χ4n) is 5.90. The Labute approximate surface area is 172 Å². The third-order valence-electron chi connectivity index (χ3n) is 7.13. The summed E-state index contributed by atoms with van der Waals surface area (Å²) in [5.41, 5.74) is 5.02. The lowest BCUT2D eigenvalue weighted by Gasteiger charge is -2.38. The van der Waals surface area contributed by atoms with Crippen molar-refractivity contribution in [3.05, 3.63) is 42.0 Å². The van der Waals surface area contributed by atoms with E-state index in [1.54, 1.807) is 43.3 Å². The molecule has 3 aliphatic rings. The highest BCUT2D eigenvalue weighted by atomic mass is 16.5. The first-order chi connectivity index (χ1) is 14.4. The maximum absolute atomic E-state index is 13.8. The van der Waals surface area contributed by atoms with Gasteiger partial charge < -0.3 is 9.84 Å². The van der Waals surface area contributed by atoms with E-state index in [9.17, 15) is 20.0 Å². The van der Waals surface area contributed by atoms with Crippen LogP contribution < -0.4 is 4.90 Å². The van der Waals surface area contributed by atoms with E-state index in [2.05, 4.69) is 11.2 Å². The molecule has 2 aromatic carbocycles. The van der Waals surface area contributed by atoms with Crippen molar-refractivity contribution in [1.82, 2.24) is 0 Å². The number of fused-ring (bicyclic) bond motifs is 6. The highest BCUT2D eigenvalue weighted by molar-refractivity contribution is 6.29. The molecule has 4 atom stereocenters. The van der Waals surface area contributed by atoms with E-state index in [1.807, 2.05) is 0 Å². The molecule has 2 bridgehead atoms. The fourth-order valence-corrected chi connectivity index (χ4v) is 5.90. The lowest BCUT2D eigenvalue weighted by atomic mass is 9.62. The van der Waals surface area contributed by atoms with Crippen LogP contribution in [0.1, 0.15) is 31.7 Å². The molecule has 3 unspecified atom stereocenters. The van der Waals surface area contributed by atoms with Crippen LogP contribution in [0.25, 0.3) is 10.8 Å². The predicted octanol–water partition coefficient (Wildman–Crippen LogP) is 2.67. The van der Waals surface area contributed by atoms with Crippen molar-refractivity contribution in [3.63, 3.8) is 0 Å². The van der Waals surface area contributed by atoms with E-state index in [1.165, 1.54) is 0 Å². The Hall–Kier alpha value is -3.15. The molecule has 2 N–H and O–H groups in total. The average molecular weight is 404 g/mol. The van der Waals surface area contributed by atoms with Gasteiger partial charge in [-0.1, -0.05) is 24.3 Å². The summed E-state index contributed by atoms with van der Waals surface area (Å²) in [5, 5.41) is 24.1. The van der Waals surface area contributed by atoms with E-state index in [0.29, 0.717) is 34.9 Å². The van der Waals surface area contributed by atoms with E-state index >= 15 is 0 Å². The van der Waals surface area contributed by atoms with Crippen LogP contribution in [0.5, 0.6) is 0 Å². The van der Waals surface area contributed by atoms with Crippen LogP contribution in [0, 0.1) is 22.8 Å². The second kappa shape index (κ2) is 5.94. The molecule has 0 aliphatic carbocycles. The maximum atomic E-state index is 13.8. The summed E-state index contributed by atoms with van der Waals surface area (Å²) in [6.45, 7) is 1.55. The molecule has 152 valence electrons. The normalized spacial score (nSPS) is 34.4. The highest BCUT2D eigenvalue weighted by Crippen LogP contribution is 2.66. The number of nitrogens with one attached hydrogen (secondary N) is 1. The molecule has 3 heterocycles. The van der Waals surface area contributed by atoms with Gasteiger partial charge in [-0.2, -0.15) is 10.4 Å². The highest BCUT2D eigenvalue weighted by Gasteiger charge is 2.83. The first kappa shape index (κ1) is 18.9. The van der Waals surface area contributed by atoms with Crippen LogP contribution in [0.15, 0.2) is 41.5 Å². The zero-order valence-electron chi connectivity index (χ0n) is 16.4. The zero-order chi connectivity index (χ0) is 21.3. The molecule has 8 heteroatoms. The fraction of sp³-hybridized carbons (Fsp3) is 0.409. The van der Waals surface area contributed by atoms with E-state index < -0.39 is 34.5 Å². The number of aliphatic hydroxyl groups is 1. The third-order valence-corrected chi connectivity index (χ3v) is 7.13. The first-order valence-electron chi connectivity index (χ1n) is 9.89. The molecule has 3 aliphatic heterocycles. The lowest BCUT2D eigenvalue weighted by Crippen LogP contribution is -2.58. The van der Waals surface area contributed by atoms with Crippen LogP contribution in [-0.2, 0) is 14.3 Å². The Balaban J connectivity index is 1.75. The second-order valence-corrected chi connectivity index (χ2v) is 8.46. The number of nitriles is 1. The largest absolute Gasteiger partial charge is 0.396 e. The van der Waals surface area contributed by atoms with Gasteiger partial charge in [0.2, 0.25) is 11.4 Å². The summed E-state index contributed by atoms with van der Waals surface area (Å²) < 4.78 is 6.21. The van der Waals surface area contributed by atoms with Gasteiger partial charge in [-0.25, -0.2) is 10.4 Å². The summed E-state index contributed by atoms with van der Waals surface area (Å²) in [5.74, 6) is -1.98. The van der Waals surface area contributed by atoms with Crippen molar-refractivity contribution in [3.8, 4) is 6.07 Å². The number of nitrogens with zero attached hydrogens (tertiary/aromatic N) is 3. The third kappa shape index (κ3) is 1.92. The smallest absolute Gasteiger partial charge is 0.267 e. The number of benzene rings is 2. The quantitative estimate of drug-likeness (QED) is 0.598. The van der Waals surface area contributed by atoms with Crippen molar-refractivity contribution in [2.45, 2.75) is 42.9 Å². The summed E-state index contributed by atoms with van der Waals surface area (Å²) in [6, 6.07) is 12.4. The molecule has 0 saturated carbocycles. The summed E-state index contributed by atoms with van der Waals surface area (Å²) >= 11 is 0. The molecule has 5 rings (SSSR count). The minimum atomic E-state index is -1.69. The van der Waals surface area contributed by atoms with Crippen molar-refractivity contribution in [2.24, 2.45) is 11.0 Å². The minimum absolute atomic E-state index is 0.127. The van der Waals surface area contributed by atoms with Crippen molar-refractivity contribution in [2.75, 3.05) is 11.5 Å². The number of hydrogen-bond donors (Lipinski definition) is 2. The number of carbonyl (C=O) groups is 2. The van der Waals surface area contributed by atoms with Gasteiger partial charge in [-0.05, 0) is 31.9 Å². The standard InChI is InChI=1S/C22H20N4O4/c1-20-8-9-21(30-20,10-11-27)22(25-24)17(20)18(28)26(19(22)29)16-7-6-13(12-23)14-4-2-3-5-15(14)16/h2-7,17,24,27H,8-11H2,1H3/t17?,20?,21?,22-/m1/s1. The van der Waals surface area contributed by atoms with Gasteiger partial charge in [-0.15, -0.1) is 0 Å². The minimum Gasteiger partial charge on any atom is -0.396 e. The predicted molar refractivity (Wildman–Crippen MR) is 106 cm³/mol. The summed E-state index contributed by atoms with van der Waals surface area (Å²) in [7, 11) is 0. The summed E-state index contributed by atoms with van der Waals surface area (Å²) in [4.78, 5) is 28.6.